The molecule has 22 heavy (non-hydrogen) atoms. The maximum Gasteiger partial charge on any atom is 0.333 e. The summed E-state index contributed by atoms with van der Waals surface area (Å²) in [4.78, 5) is 52.1. The molecule has 1 fully saturated rings. The van der Waals surface area contributed by atoms with Crippen LogP contribution in [0.4, 0.5) is 10.5 Å². The molecule has 0 bridgehead atoms. The van der Waals surface area contributed by atoms with Gasteiger partial charge >= 0.3 is 6.03 Å². The number of nitrogens with zero attached hydrogens (tertiary/aromatic N) is 3. The molecule has 2 aliphatic heterocycles. The second-order valence-electron chi connectivity index (χ2n) is 5.14. The fourth-order valence-corrected chi connectivity index (χ4v) is 2.65. The Labute approximate surface area is 126 Å². The van der Waals surface area contributed by atoms with Gasteiger partial charge in [0, 0.05) is 26.7 Å². The molecule has 0 spiro atoms. The highest BCUT2D eigenvalue weighted by molar-refractivity contribution is 6.44. The number of fused-ring (bicyclic) bond motifs is 1. The first-order valence-electron chi connectivity index (χ1n) is 6.58. The van der Waals surface area contributed by atoms with E-state index in [2.05, 4.69) is 0 Å². The predicted molar refractivity (Wildman–Crippen MR) is 77.7 cm³/mol. The molecule has 0 aliphatic carbocycles. The van der Waals surface area contributed by atoms with Gasteiger partial charge in [-0.1, -0.05) is 18.2 Å². The van der Waals surface area contributed by atoms with E-state index in [1.807, 2.05) is 0 Å². The van der Waals surface area contributed by atoms with Crippen LogP contribution >= 0.6 is 0 Å². The van der Waals surface area contributed by atoms with Crippen LogP contribution in [0.3, 0.4) is 0 Å². The highest BCUT2D eigenvalue weighted by atomic mass is 16.2. The minimum Gasteiger partial charge on any atom is -0.311 e. The van der Waals surface area contributed by atoms with Crippen LogP contribution < -0.4 is 4.90 Å². The van der Waals surface area contributed by atoms with Crippen molar-refractivity contribution < 1.29 is 19.2 Å². The fourth-order valence-electron chi connectivity index (χ4n) is 2.65. The molecule has 2 aliphatic rings. The van der Waals surface area contributed by atoms with Gasteiger partial charge in [0.15, 0.2) is 0 Å². The van der Waals surface area contributed by atoms with Gasteiger partial charge in [0.25, 0.3) is 17.7 Å². The van der Waals surface area contributed by atoms with Crippen molar-refractivity contribution in [1.29, 1.82) is 0 Å². The van der Waals surface area contributed by atoms with Gasteiger partial charge in [-0.2, -0.15) is 0 Å². The van der Waals surface area contributed by atoms with Gasteiger partial charge in [-0.15, -0.1) is 0 Å². The molecule has 7 nitrogen and oxygen atoms in total. The zero-order valence-electron chi connectivity index (χ0n) is 12.3. The molecule has 3 rings (SSSR count). The summed E-state index contributed by atoms with van der Waals surface area (Å²) in [5, 5.41) is 0. The average molecular weight is 299 g/mol. The number of barbiturate groups is 1. The topological polar surface area (TPSA) is 78.0 Å². The van der Waals surface area contributed by atoms with Gasteiger partial charge in [-0.3, -0.25) is 24.2 Å². The molecule has 2 heterocycles. The smallest absolute Gasteiger partial charge is 0.311 e. The Bertz CT molecular complexity index is 755. The zero-order valence-corrected chi connectivity index (χ0v) is 12.3. The van der Waals surface area contributed by atoms with E-state index in [1.54, 1.807) is 31.3 Å². The fraction of sp³-hybridized carbons (Fsp3) is 0.200. The number of rotatable bonds is 0. The number of para-hydroxylation sites is 1. The molecule has 1 aromatic rings. The van der Waals surface area contributed by atoms with E-state index in [9.17, 15) is 19.2 Å². The van der Waals surface area contributed by atoms with Crippen LogP contribution in [0.5, 0.6) is 0 Å². The van der Waals surface area contributed by atoms with Crippen LogP contribution in [0.1, 0.15) is 5.56 Å². The van der Waals surface area contributed by atoms with Crippen LogP contribution in [-0.4, -0.2) is 54.7 Å². The number of urea groups is 1. The van der Waals surface area contributed by atoms with Gasteiger partial charge < -0.3 is 4.90 Å². The van der Waals surface area contributed by atoms with Crippen molar-refractivity contribution in [2.75, 3.05) is 26.0 Å². The van der Waals surface area contributed by atoms with Crippen molar-refractivity contribution in [2.45, 2.75) is 0 Å². The summed E-state index contributed by atoms with van der Waals surface area (Å²) in [6.45, 7) is 0. The number of benzene rings is 1. The van der Waals surface area contributed by atoms with Crippen molar-refractivity contribution in [3.63, 3.8) is 0 Å². The number of hydrogen-bond acceptors (Lipinski definition) is 4. The minimum absolute atomic E-state index is 0.0410. The quantitative estimate of drug-likeness (QED) is 0.515. The summed E-state index contributed by atoms with van der Waals surface area (Å²) in [5.74, 6) is -1.96. The third-order valence-electron chi connectivity index (χ3n) is 3.91. The second-order valence-corrected chi connectivity index (χ2v) is 5.14. The van der Waals surface area contributed by atoms with Crippen LogP contribution in [0.2, 0.25) is 0 Å². The summed E-state index contributed by atoms with van der Waals surface area (Å²) >= 11 is 0. The molecule has 112 valence electrons. The molecule has 0 N–H and O–H groups in total. The number of likely N-dealkylation sites (N-methyl/N-ethyl adjacent to an activating group) is 3. The number of carbonyl (C=O) groups excluding carboxylic acids is 4. The lowest BCUT2D eigenvalue weighted by Crippen LogP contribution is -2.53. The number of hydrogen-bond donors (Lipinski definition) is 0. The van der Waals surface area contributed by atoms with Crippen LogP contribution in [0.15, 0.2) is 29.8 Å². The number of carbonyl (C=O) groups is 4. The number of imide groups is 2. The Kier molecular flexibility index (Phi) is 2.88. The SMILES string of the molecule is CN1C(=O)C(=C2C(=O)N(C)c3ccccc32)C(=O)N(C)C1=O. The molecule has 7 heteroatoms. The Hall–Kier alpha value is -2.96. The van der Waals surface area contributed by atoms with Crippen molar-refractivity contribution in [1.82, 2.24) is 9.80 Å². The van der Waals surface area contributed by atoms with E-state index < -0.39 is 23.8 Å². The maximum atomic E-state index is 12.5. The summed E-state index contributed by atoms with van der Waals surface area (Å²) < 4.78 is 0. The predicted octanol–water partition coefficient (Wildman–Crippen LogP) is 0.467. The third-order valence-corrected chi connectivity index (χ3v) is 3.91. The monoisotopic (exact) mass is 299 g/mol. The Morgan fingerprint density at radius 3 is 1.77 bits per heavy atom. The van der Waals surface area contributed by atoms with Gasteiger partial charge in [-0.25, -0.2) is 4.79 Å². The number of amides is 5. The third kappa shape index (κ3) is 1.62. The first kappa shape index (κ1) is 14.0. The molecular weight excluding hydrogens is 286 g/mol. The first-order valence-corrected chi connectivity index (χ1v) is 6.58. The van der Waals surface area contributed by atoms with Gasteiger partial charge in [0.2, 0.25) is 0 Å². The summed E-state index contributed by atoms with van der Waals surface area (Å²) in [7, 11) is 4.14. The van der Waals surface area contributed by atoms with Gasteiger partial charge in [0.1, 0.15) is 5.57 Å². The summed E-state index contributed by atoms with van der Waals surface area (Å²) in [6.07, 6.45) is 0. The van der Waals surface area contributed by atoms with Gasteiger partial charge in [-0.05, 0) is 6.07 Å². The van der Waals surface area contributed by atoms with E-state index in [1.165, 1.54) is 19.0 Å². The lowest BCUT2D eigenvalue weighted by molar-refractivity contribution is -0.134. The van der Waals surface area contributed by atoms with Crippen molar-refractivity contribution in [2.24, 2.45) is 0 Å². The van der Waals surface area contributed by atoms with E-state index in [4.69, 9.17) is 0 Å². The molecule has 0 atom stereocenters. The molecular formula is C15H13N3O4. The first-order chi connectivity index (χ1) is 10.4. The van der Waals surface area contributed by atoms with Crippen molar-refractivity contribution >= 4 is 35.0 Å². The van der Waals surface area contributed by atoms with E-state index in [-0.39, 0.29) is 11.1 Å². The number of anilines is 1. The Balaban J connectivity index is 2.29. The highest BCUT2D eigenvalue weighted by Gasteiger charge is 2.44. The van der Waals surface area contributed by atoms with Crippen LogP contribution in [-0.2, 0) is 14.4 Å². The molecule has 1 aromatic carbocycles. The normalized spacial score (nSPS) is 18.6. The summed E-state index contributed by atoms with van der Waals surface area (Å²) in [5.41, 5.74) is 0.909. The van der Waals surface area contributed by atoms with Crippen LogP contribution in [0, 0.1) is 0 Å². The van der Waals surface area contributed by atoms with E-state index >= 15 is 0 Å². The summed E-state index contributed by atoms with van der Waals surface area (Å²) in [6, 6.07) is 6.18. The Morgan fingerprint density at radius 2 is 1.18 bits per heavy atom. The molecule has 0 aromatic heterocycles. The molecule has 5 amide bonds. The van der Waals surface area contributed by atoms with E-state index in [0.717, 1.165) is 9.80 Å². The maximum absolute atomic E-state index is 12.5. The molecule has 0 radical (unpaired) electrons. The highest BCUT2D eigenvalue weighted by Crippen LogP contribution is 2.38. The van der Waals surface area contributed by atoms with Crippen LogP contribution in [0.25, 0.3) is 5.57 Å². The molecule has 0 saturated carbocycles. The van der Waals surface area contributed by atoms with Gasteiger partial charge in [0.05, 0.1) is 11.3 Å². The lowest BCUT2D eigenvalue weighted by Gasteiger charge is -2.29. The average Bonchev–Trinajstić information content (AvgIpc) is 2.77. The standard InChI is InChI=1S/C15H13N3O4/c1-16-9-7-5-4-6-8(9)10(12(16)19)11-13(20)17(2)15(22)18(3)14(11)21/h4-7H,1-3H3. The minimum atomic E-state index is -0.762. The largest absolute Gasteiger partial charge is 0.333 e. The second kappa shape index (κ2) is 4.52. The van der Waals surface area contributed by atoms with Crippen molar-refractivity contribution in [3.8, 4) is 0 Å². The lowest BCUT2D eigenvalue weighted by atomic mass is 9.98. The molecule has 0 unspecified atom stereocenters. The zero-order chi connectivity index (χ0) is 16.2. The molecule has 1 saturated heterocycles. The Morgan fingerprint density at radius 1 is 0.682 bits per heavy atom. The van der Waals surface area contributed by atoms with Crippen molar-refractivity contribution in [3.05, 3.63) is 35.4 Å². The van der Waals surface area contributed by atoms with E-state index in [0.29, 0.717) is 11.3 Å².